The molecule has 4 aliphatic rings. The number of fused-ring (bicyclic) bond motifs is 2. The van der Waals surface area contributed by atoms with Crippen molar-refractivity contribution in [3.8, 4) is 0 Å². The summed E-state index contributed by atoms with van der Waals surface area (Å²) in [5.41, 5.74) is 2.44. The number of hydrogen-bond donors (Lipinski definition) is 5. The first-order chi connectivity index (χ1) is 14.8. The van der Waals surface area contributed by atoms with E-state index in [9.17, 15) is 18.0 Å². The number of hydroxylamine groups is 3. The summed E-state index contributed by atoms with van der Waals surface area (Å²) >= 11 is 0. The number of nitrogens with one attached hydrogen (secondary N) is 3. The summed E-state index contributed by atoms with van der Waals surface area (Å²) in [4.78, 5) is 31.6. The van der Waals surface area contributed by atoms with Crippen molar-refractivity contribution in [1.82, 2.24) is 26.1 Å². The Morgan fingerprint density at radius 3 is 2.81 bits per heavy atom. The van der Waals surface area contributed by atoms with Gasteiger partial charge in [0.15, 0.2) is 0 Å². The van der Waals surface area contributed by atoms with Crippen LogP contribution in [0.25, 0.3) is 0 Å². The van der Waals surface area contributed by atoms with Crippen LogP contribution in [-0.4, -0.2) is 103 Å². The van der Waals surface area contributed by atoms with Gasteiger partial charge in [-0.05, 0) is 49.0 Å². The number of carbonyl (C=O) groups excluding carboxylic acids is 2. The van der Waals surface area contributed by atoms with Crippen LogP contribution < -0.4 is 16.1 Å². The SMILES string of the molecule is O=C(NOC[C@@H]1C[C@H](C[SH]2CCNCC2)CN1)[C@@H]1CC[C@@H]2CN1C(=O)N2OS(=O)(=O)O. The molecule has 0 aromatic rings. The van der Waals surface area contributed by atoms with E-state index in [1.807, 2.05) is 0 Å². The van der Waals surface area contributed by atoms with Gasteiger partial charge in [0.2, 0.25) is 0 Å². The average molecular weight is 482 g/mol. The third kappa shape index (κ3) is 5.80. The van der Waals surface area contributed by atoms with E-state index in [-0.39, 0.29) is 23.5 Å². The van der Waals surface area contributed by atoms with E-state index in [1.54, 1.807) is 0 Å². The van der Waals surface area contributed by atoms with Gasteiger partial charge in [-0.3, -0.25) is 25.1 Å². The van der Waals surface area contributed by atoms with Gasteiger partial charge >= 0.3 is 16.4 Å². The molecule has 0 saturated carbocycles. The Morgan fingerprint density at radius 1 is 1.29 bits per heavy atom. The van der Waals surface area contributed by atoms with Crippen LogP contribution in [0.15, 0.2) is 0 Å². The minimum absolute atomic E-state index is 0.128. The predicted molar refractivity (Wildman–Crippen MR) is 114 cm³/mol. The molecule has 0 radical (unpaired) electrons. The molecule has 4 atom stereocenters. The van der Waals surface area contributed by atoms with E-state index in [2.05, 4.69) is 20.4 Å². The van der Waals surface area contributed by atoms with Gasteiger partial charge in [0, 0.05) is 25.7 Å². The molecular weight excluding hydrogens is 450 g/mol. The van der Waals surface area contributed by atoms with E-state index in [4.69, 9.17) is 9.39 Å². The highest BCUT2D eigenvalue weighted by Gasteiger charge is 2.49. The molecule has 31 heavy (non-hydrogen) atoms. The van der Waals surface area contributed by atoms with Crippen molar-refractivity contribution in [3.63, 3.8) is 0 Å². The highest BCUT2D eigenvalue weighted by Crippen LogP contribution is 2.32. The largest absolute Gasteiger partial charge is 0.418 e. The summed E-state index contributed by atoms with van der Waals surface area (Å²) in [6.45, 7) is 3.74. The Bertz CT molecular complexity index is 779. The van der Waals surface area contributed by atoms with Gasteiger partial charge in [0.05, 0.1) is 12.6 Å². The molecule has 0 aromatic heterocycles. The molecule has 3 amide bonds. The fourth-order valence-corrected chi connectivity index (χ4v) is 7.75. The van der Waals surface area contributed by atoms with Crippen molar-refractivity contribution < 1.29 is 31.7 Å². The van der Waals surface area contributed by atoms with Gasteiger partial charge in [-0.2, -0.15) is 13.5 Å². The summed E-state index contributed by atoms with van der Waals surface area (Å²) in [5.74, 6) is 4.09. The van der Waals surface area contributed by atoms with Crippen molar-refractivity contribution in [2.24, 2.45) is 5.92 Å². The monoisotopic (exact) mass is 481 g/mol. The highest BCUT2D eigenvalue weighted by molar-refractivity contribution is 8.17. The van der Waals surface area contributed by atoms with Crippen LogP contribution in [0.1, 0.15) is 19.3 Å². The second-order valence-corrected chi connectivity index (χ2v) is 12.2. The molecule has 0 aliphatic carbocycles. The molecule has 14 heteroatoms. The Labute approximate surface area is 184 Å². The third-order valence-electron chi connectivity index (χ3n) is 6.30. The first-order valence-corrected chi connectivity index (χ1v) is 13.9. The first-order valence-electron chi connectivity index (χ1n) is 10.6. The zero-order valence-electron chi connectivity index (χ0n) is 17.2. The molecular formula is C17H31N5O7S2. The molecule has 178 valence electrons. The lowest BCUT2D eigenvalue weighted by Crippen LogP contribution is -2.50. The molecule has 12 nitrogen and oxygen atoms in total. The van der Waals surface area contributed by atoms with Crippen molar-refractivity contribution in [2.45, 2.75) is 37.4 Å². The second-order valence-electron chi connectivity index (χ2n) is 8.54. The minimum atomic E-state index is -4.81. The van der Waals surface area contributed by atoms with Crippen molar-refractivity contribution in [1.29, 1.82) is 0 Å². The zero-order valence-corrected chi connectivity index (χ0v) is 18.9. The number of carbonyl (C=O) groups is 2. The molecule has 4 fully saturated rings. The lowest BCUT2D eigenvalue weighted by Gasteiger charge is -2.29. The third-order valence-corrected chi connectivity index (χ3v) is 9.39. The summed E-state index contributed by atoms with van der Waals surface area (Å²) in [6.07, 6.45) is 1.75. The minimum Gasteiger partial charge on any atom is -0.315 e. The average Bonchev–Trinajstić information content (AvgIpc) is 3.26. The Kier molecular flexibility index (Phi) is 7.25. The van der Waals surface area contributed by atoms with Crippen LogP contribution in [0, 0.1) is 5.92 Å². The van der Waals surface area contributed by atoms with Crippen LogP contribution in [0.5, 0.6) is 0 Å². The van der Waals surface area contributed by atoms with Crippen molar-refractivity contribution >= 4 is 33.2 Å². The lowest BCUT2D eigenvalue weighted by atomic mass is 10.0. The van der Waals surface area contributed by atoms with Crippen molar-refractivity contribution in [2.75, 3.05) is 50.0 Å². The summed E-state index contributed by atoms with van der Waals surface area (Å²) < 4.78 is 35.1. The number of thiol groups is 1. The van der Waals surface area contributed by atoms with Crippen LogP contribution >= 0.6 is 10.9 Å². The standard InChI is InChI=1S/C17H31N5O7S2/c23-16(15-2-1-14-9-21(15)17(24)22(14)29-31(25,26)27)20-28-10-13-7-12(8-19-13)11-30-5-3-18-4-6-30/h12-15,18-19,30H,1-11H2,(H,20,23)(H,25,26,27)/t12-,13-,14+,15-/m0/s1. The van der Waals surface area contributed by atoms with Gasteiger partial charge in [0.1, 0.15) is 6.04 Å². The number of rotatable bonds is 8. The quantitative estimate of drug-likeness (QED) is 0.161. The molecule has 2 bridgehead atoms. The number of nitrogens with zero attached hydrogens (tertiary/aromatic N) is 2. The zero-order chi connectivity index (χ0) is 22.0. The Balaban J connectivity index is 1.19. The Morgan fingerprint density at radius 2 is 2.06 bits per heavy atom. The molecule has 4 rings (SSSR count). The maximum Gasteiger partial charge on any atom is 0.418 e. The maximum atomic E-state index is 12.5. The first kappa shape index (κ1) is 23.0. The fraction of sp³-hybridized carbons (Fsp3) is 0.882. The molecule has 0 unspecified atom stereocenters. The van der Waals surface area contributed by atoms with Gasteiger partial charge in [-0.25, -0.2) is 10.3 Å². The van der Waals surface area contributed by atoms with Crippen LogP contribution in [-0.2, 0) is 24.3 Å². The maximum absolute atomic E-state index is 12.5. The molecule has 0 spiro atoms. The van der Waals surface area contributed by atoms with Gasteiger partial charge in [-0.15, -0.1) is 4.28 Å². The second kappa shape index (κ2) is 9.77. The number of urea groups is 1. The molecule has 4 aliphatic heterocycles. The molecule has 4 N–H and O–H groups in total. The topological polar surface area (TPSA) is 150 Å². The summed E-state index contributed by atoms with van der Waals surface area (Å²) in [6, 6.07) is -1.88. The van der Waals surface area contributed by atoms with E-state index < -0.39 is 34.4 Å². The number of piperidine rings is 1. The summed E-state index contributed by atoms with van der Waals surface area (Å²) in [7, 11) is -4.68. The van der Waals surface area contributed by atoms with Gasteiger partial charge < -0.3 is 15.5 Å². The van der Waals surface area contributed by atoms with E-state index >= 15 is 0 Å². The van der Waals surface area contributed by atoms with Crippen LogP contribution in [0.4, 0.5) is 4.79 Å². The van der Waals surface area contributed by atoms with Gasteiger partial charge in [0.25, 0.3) is 5.91 Å². The highest BCUT2D eigenvalue weighted by atomic mass is 32.3. The van der Waals surface area contributed by atoms with Gasteiger partial charge in [-0.1, -0.05) is 0 Å². The molecule has 4 saturated heterocycles. The molecule has 0 aromatic carbocycles. The van der Waals surface area contributed by atoms with E-state index in [1.165, 1.54) is 22.2 Å². The summed E-state index contributed by atoms with van der Waals surface area (Å²) in [5, 5.41) is 7.49. The van der Waals surface area contributed by atoms with Crippen LogP contribution in [0.3, 0.4) is 0 Å². The fourth-order valence-electron chi connectivity index (χ4n) is 4.81. The predicted octanol–water partition coefficient (Wildman–Crippen LogP) is -1.38. The lowest BCUT2D eigenvalue weighted by molar-refractivity contribution is -0.139. The smallest absolute Gasteiger partial charge is 0.315 e. The number of hydrogen-bond acceptors (Lipinski definition) is 8. The van der Waals surface area contributed by atoms with E-state index in [0.29, 0.717) is 30.4 Å². The normalized spacial score (nSPS) is 32.5. The van der Waals surface area contributed by atoms with Crippen LogP contribution in [0.2, 0.25) is 0 Å². The van der Waals surface area contributed by atoms with Crippen molar-refractivity contribution in [3.05, 3.63) is 0 Å². The van der Waals surface area contributed by atoms with E-state index in [0.717, 1.165) is 26.1 Å². The molecule has 4 heterocycles. The Hall–Kier alpha value is -1.16. The number of amides is 3.